The molecule has 0 radical (unpaired) electrons. The van der Waals surface area contributed by atoms with Gasteiger partial charge in [0.2, 0.25) is 0 Å². The van der Waals surface area contributed by atoms with Crippen molar-refractivity contribution in [2.75, 3.05) is 11.9 Å². The molecule has 1 unspecified atom stereocenters. The second-order valence-electron chi connectivity index (χ2n) is 6.80. The Morgan fingerprint density at radius 3 is 2.68 bits per heavy atom. The van der Waals surface area contributed by atoms with Crippen LogP contribution in [0.15, 0.2) is 71.2 Å². The summed E-state index contributed by atoms with van der Waals surface area (Å²) in [4.78, 5) is 26.6. The van der Waals surface area contributed by atoms with Gasteiger partial charge in [0.1, 0.15) is 11.9 Å². The zero-order chi connectivity index (χ0) is 22.0. The van der Waals surface area contributed by atoms with Crippen LogP contribution in [0.1, 0.15) is 39.4 Å². The van der Waals surface area contributed by atoms with Crippen LogP contribution in [-0.2, 0) is 0 Å². The number of nitrogens with zero attached hydrogens (tertiary/aromatic N) is 1. The average Bonchev–Trinajstić information content (AvgIpc) is 2.77. The Balaban J connectivity index is 1.74. The molecule has 0 aromatic heterocycles. The molecule has 0 spiro atoms. The van der Waals surface area contributed by atoms with Crippen LogP contribution in [0.2, 0.25) is 0 Å². The molecule has 2 amide bonds. The van der Waals surface area contributed by atoms with Crippen LogP contribution in [0, 0.1) is 3.57 Å². The number of ether oxygens (including phenoxy) is 1. The molecule has 4 rings (SSSR count). The number of hydrazine groups is 1. The molecule has 0 bridgehead atoms. The second-order valence-corrected chi connectivity index (χ2v) is 8.90. The first-order valence-electron chi connectivity index (χ1n) is 9.66. The molecule has 0 fully saturated rings. The summed E-state index contributed by atoms with van der Waals surface area (Å²) in [7, 11) is 0. The number of amides is 2. The maximum Gasteiger partial charge on any atom is 0.276 e. The van der Waals surface area contributed by atoms with Gasteiger partial charge in [-0.2, -0.15) is 0 Å². The topological polar surface area (TPSA) is 70.7 Å². The summed E-state index contributed by atoms with van der Waals surface area (Å²) in [5.74, 6) is -0.257. The van der Waals surface area contributed by atoms with E-state index in [1.165, 1.54) is 5.01 Å². The van der Waals surface area contributed by atoms with Crippen molar-refractivity contribution >= 4 is 56.0 Å². The van der Waals surface area contributed by atoms with Crippen LogP contribution in [0.25, 0.3) is 0 Å². The summed E-state index contributed by atoms with van der Waals surface area (Å²) in [6, 6.07) is 20.2. The molecule has 1 aliphatic rings. The van der Waals surface area contributed by atoms with Crippen LogP contribution < -0.4 is 15.5 Å². The number of carbonyl (C=O) groups excluding carboxylic acids is 2. The summed E-state index contributed by atoms with van der Waals surface area (Å²) in [5, 5.41) is 4.72. The molecular weight excluding hydrogens is 573 g/mol. The standard InChI is InChI=1S/C23H19BrIN3O3/c1-2-31-20-10-6-4-8-16(20)22(29)27-28-21(15-7-3-5-9-18(15)24)26-19-12-11-14(25)13-17(19)23(28)30/h3-13,21,26H,2H2,1H3,(H,27,29). The van der Waals surface area contributed by atoms with Crippen molar-refractivity contribution in [1.29, 1.82) is 0 Å². The van der Waals surface area contributed by atoms with Crippen molar-refractivity contribution < 1.29 is 14.3 Å². The first kappa shape index (κ1) is 21.6. The molecule has 0 saturated carbocycles. The highest BCUT2D eigenvalue weighted by atomic mass is 127. The van der Waals surface area contributed by atoms with Gasteiger partial charge in [0, 0.05) is 19.3 Å². The summed E-state index contributed by atoms with van der Waals surface area (Å²) in [5.41, 5.74) is 5.18. The summed E-state index contributed by atoms with van der Waals surface area (Å²) in [6.45, 7) is 2.29. The largest absolute Gasteiger partial charge is 0.493 e. The van der Waals surface area contributed by atoms with E-state index in [1.807, 2.05) is 43.3 Å². The van der Waals surface area contributed by atoms with E-state index < -0.39 is 12.1 Å². The van der Waals surface area contributed by atoms with Crippen molar-refractivity contribution in [1.82, 2.24) is 10.4 Å². The minimum Gasteiger partial charge on any atom is -0.493 e. The number of halogens is 2. The first-order valence-corrected chi connectivity index (χ1v) is 11.5. The molecule has 0 aliphatic carbocycles. The van der Waals surface area contributed by atoms with Gasteiger partial charge in [0.05, 0.1) is 17.7 Å². The van der Waals surface area contributed by atoms with Gasteiger partial charge in [-0.15, -0.1) is 0 Å². The molecule has 0 saturated heterocycles. The van der Waals surface area contributed by atoms with Gasteiger partial charge in [-0.05, 0) is 65.9 Å². The van der Waals surface area contributed by atoms with Gasteiger partial charge in [0.25, 0.3) is 11.8 Å². The number of hydrogen-bond acceptors (Lipinski definition) is 4. The SMILES string of the molecule is CCOc1ccccc1C(=O)NN1C(=O)c2cc(I)ccc2NC1c1ccccc1Br. The molecule has 2 N–H and O–H groups in total. The van der Waals surface area contributed by atoms with E-state index in [0.717, 1.165) is 13.6 Å². The third-order valence-electron chi connectivity index (χ3n) is 4.83. The lowest BCUT2D eigenvalue weighted by Gasteiger charge is -2.38. The molecule has 3 aromatic carbocycles. The third-order valence-corrected chi connectivity index (χ3v) is 6.23. The number of fused-ring (bicyclic) bond motifs is 1. The van der Waals surface area contributed by atoms with E-state index in [-0.39, 0.29) is 5.91 Å². The second kappa shape index (κ2) is 9.27. The van der Waals surface area contributed by atoms with Gasteiger partial charge in [-0.1, -0.05) is 46.3 Å². The number of anilines is 1. The molecule has 1 heterocycles. The van der Waals surface area contributed by atoms with Crippen LogP contribution in [0.3, 0.4) is 0 Å². The van der Waals surface area contributed by atoms with Crippen LogP contribution in [0.5, 0.6) is 5.75 Å². The van der Waals surface area contributed by atoms with Crippen molar-refractivity contribution in [3.63, 3.8) is 0 Å². The lowest BCUT2D eigenvalue weighted by Crippen LogP contribution is -2.53. The maximum atomic E-state index is 13.5. The fraction of sp³-hybridized carbons (Fsp3) is 0.130. The third kappa shape index (κ3) is 4.40. The number of nitrogens with one attached hydrogen (secondary N) is 2. The van der Waals surface area contributed by atoms with Crippen molar-refractivity contribution in [2.24, 2.45) is 0 Å². The molecule has 158 valence electrons. The highest BCUT2D eigenvalue weighted by Gasteiger charge is 2.35. The van der Waals surface area contributed by atoms with Crippen LogP contribution in [0.4, 0.5) is 5.69 Å². The predicted octanol–water partition coefficient (Wildman–Crippen LogP) is 5.36. The Morgan fingerprint density at radius 2 is 1.90 bits per heavy atom. The first-order chi connectivity index (χ1) is 15.0. The Labute approximate surface area is 202 Å². The molecule has 3 aromatic rings. The summed E-state index contributed by atoms with van der Waals surface area (Å²) in [6.07, 6.45) is -0.598. The zero-order valence-corrected chi connectivity index (χ0v) is 20.3. The number of rotatable bonds is 5. The van der Waals surface area contributed by atoms with E-state index in [1.54, 1.807) is 30.3 Å². The highest BCUT2D eigenvalue weighted by molar-refractivity contribution is 14.1. The number of benzene rings is 3. The quantitative estimate of drug-likeness (QED) is 0.392. The molecule has 6 nitrogen and oxygen atoms in total. The Morgan fingerprint density at radius 1 is 1.16 bits per heavy atom. The molecular formula is C23H19BrIN3O3. The predicted molar refractivity (Wildman–Crippen MR) is 131 cm³/mol. The van der Waals surface area contributed by atoms with E-state index in [2.05, 4.69) is 49.3 Å². The van der Waals surface area contributed by atoms with Crippen molar-refractivity contribution in [3.8, 4) is 5.75 Å². The summed E-state index contributed by atoms with van der Waals surface area (Å²) >= 11 is 5.73. The Bertz CT molecular complexity index is 1150. The van der Waals surface area contributed by atoms with E-state index in [4.69, 9.17) is 4.74 Å². The minimum absolute atomic E-state index is 0.296. The molecule has 8 heteroatoms. The van der Waals surface area contributed by atoms with Crippen LogP contribution >= 0.6 is 38.5 Å². The van der Waals surface area contributed by atoms with Gasteiger partial charge in [-0.25, -0.2) is 5.01 Å². The fourth-order valence-corrected chi connectivity index (χ4v) is 4.41. The Hall–Kier alpha value is -2.59. The van der Waals surface area contributed by atoms with Gasteiger partial charge in [0.15, 0.2) is 0 Å². The van der Waals surface area contributed by atoms with Crippen LogP contribution in [-0.4, -0.2) is 23.4 Å². The van der Waals surface area contributed by atoms with Gasteiger partial charge >= 0.3 is 0 Å². The normalized spacial score (nSPS) is 15.1. The van der Waals surface area contributed by atoms with Crippen molar-refractivity contribution in [2.45, 2.75) is 13.1 Å². The monoisotopic (exact) mass is 591 g/mol. The molecule has 1 aliphatic heterocycles. The number of para-hydroxylation sites is 1. The van der Waals surface area contributed by atoms with Crippen molar-refractivity contribution in [3.05, 3.63) is 91.5 Å². The molecule has 31 heavy (non-hydrogen) atoms. The fourth-order valence-electron chi connectivity index (χ4n) is 3.41. The van der Waals surface area contributed by atoms with Gasteiger partial charge < -0.3 is 10.1 Å². The van der Waals surface area contributed by atoms with E-state index >= 15 is 0 Å². The molecule has 1 atom stereocenters. The maximum absolute atomic E-state index is 13.5. The van der Waals surface area contributed by atoms with E-state index in [9.17, 15) is 9.59 Å². The smallest absolute Gasteiger partial charge is 0.276 e. The number of hydrogen-bond donors (Lipinski definition) is 2. The van der Waals surface area contributed by atoms with Gasteiger partial charge in [-0.3, -0.25) is 15.0 Å². The zero-order valence-electron chi connectivity index (χ0n) is 16.6. The lowest BCUT2D eigenvalue weighted by atomic mass is 10.0. The highest BCUT2D eigenvalue weighted by Crippen LogP contribution is 2.35. The van der Waals surface area contributed by atoms with E-state index in [0.29, 0.717) is 29.2 Å². The lowest BCUT2D eigenvalue weighted by molar-refractivity contribution is 0.0488. The average molecular weight is 592 g/mol. The summed E-state index contributed by atoms with van der Waals surface area (Å²) < 4.78 is 7.34. The Kier molecular flexibility index (Phi) is 6.47. The minimum atomic E-state index is -0.598. The number of carbonyl (C=O) groups is 2.